The van der Waals surface area contributed by atoms with E-state index in [0.717, 1.165) is 50.1 Å². The number of para-hydroxylation sites is 2. The Morgan fingerprint density at radius 1 is 0.345 bits per heavy atom. The molecule has 2 heterocycles. The highest BCUT2D eigenvalue weighted by Crippen LogP contribution is 2.44. The molecule has 0 unspecified atom stereocenters. The summed E-state index contributed by atoms with van der Waals surface area (Å²) < 4.78 is 8.85. The largest absolute Gasteiger partial charge is 0.456 e. The summed E-state index contributed by atoms with van der Waals surface area (Å²) in [5.41, 5.74) is 12.2. The Kier molecular flexibility index (Phi) is 7.39. The lowest BCUT2D eigenvalue weighted by molar-refractivity contribution is 0.669. The van der Waals surface area contributed by atoms with Gasteiger partial charge in [0.25, 0.3) is 0 Å². The molecule has 0 spiro atoms. The first-order valence-corrected chi connectivity index (χ1v) is 19.5. The summed E-state index contributed by atoms with van der Waals surface area (Å²) in [6.07, 6.45) is 0. The number of rotatable bonds is 6. The highest BCUT2D eigenvalue weighted by Gasteiger charge is 2.19. The quantitative estimate of drug-likeness (QED) is 0.170. The smallest absolute Gasteiger partial charge is 0.135 e. The van der Waals surface area contributed by atoms with Gasteiger partial charge in [0.15, 0.2) is 0 Å². The van der Waals surface area contributed by atoms with Gasteiger partial charge in [0.1, 0.15) is 11.2 Å². The predicted octanol–water partition coefficient (Wildman–Crippen LogP) is 15.6. The maximum absolute atomic E-state index is 6.22. The van der Waals surface area contributed by atoms with Crippen LogP contribution < -0.4 is 4.90 Å². The SMILES string of the molecule is c1cc(-c2ccc3sc4ccccc4c3c2)cc(N(c2ccc(-c3cccc4ccccc34)cc2)c2ccccc2-c2ccc3oc4ccccc4c3c2)c1. The molecule has 9 aromatic carbocycles. The minimum atomic E-state index is 0.895. The standard InChI is InChI=1S/C52H33NOS/c1-2-15-41-34(11-1)12-10-19-42(41)35-23-27-39(28-24-35)53(40-14-9-13-36(31-40)37-26-30-52-47(32-37)45-18-5-8-22-51(45)55-52)48-20-6-3-16-43(48)38-25-29-50-46(33-38)44-17-4-7-21-49(44)54-50/h1-33H. The third kappa shape index (κ3) is 5.40. The zero-order valence-electron chi connectivity index (χ0n) is 29.8. The molecular weight excluding hydrogens is 687 g/mol. The van der Waals surface area contributed by atoms with E-state index in [4.69, 9.17) is 4.42 Å². The fourth-order valence-electron chi connectivity index (χ4n) is 8.23. The number of thiophene rings is 1. The van der Waals surface area contributed by atoms with Gasteiger partial charge in [-0.3, -0.25) is 0 Å². The Labute approximate surface area is 322 Å². The molecule has 0 amide bonds. The highest BCUT2D eigenvalue weighted by molar-refractivity contribution is 7.25. The van der Waals surface area contributed by atoms with E-state index in [2.05, 4.69) is 193 Å². The average molecular weight is 720 g/mol. The van der Waals surface area contributed by atoms with Gasteiger partial charge in [0.2, 0.25) is 0 Å². The van der Waals surface area contributed by atoms with Crippen molar-refractivity contribution in [1.82, 2.24) is 0 Å². The monoisotopic (exact) mass is 719 g/mol. The lowest BCUT2D eigenvalue weighted by Gasteiger charge is -2.28. The molecule has 0 fully saturated rings. The average Bonchev–Trinajstić information content (AvgIpc) is 3.82. The molecular formula is C52H33NOS. The van der Waals surface area contributed by atoms with Crippen molar-refractivity contribution in [1.29, 1.82) is 0 Å². The molecule has 0 aliphatic heterocycles. The van der Waals surface area contributed by atoms with Crippen molar-refractivity contribution in [2.24, 2.45) is 0 Å². The van der Waals surface area contributed by atoms with E-state index >= 15 is 0 Å². The van der Waals surface area contributed by atoms with Gasteiger partial charge in [-0.25, -0.2) is 0 Å². The second kappa shape index (κ2) is 12.9. The van der Waals surface area contributed by atoms with Crippen molar-refractivity contribution in [3.05, 3.63) is 200 Å². The summed E-state index contributed by atoms with van der Waals surface area (Å²) in [6, 6.07) is 72.4. The van der Waals surface area contributed by atoms with Gasteiger partial charge in [-0.2, -0.15) is 0 Å². The summed E-state index contributed by atoms with van der Waals surface area (Å²) in [6.45, 7) is 0. The predicted molar refractivity (Wildman–Crippen MR) is 235 cm³/mol. The van der Waals surface area contributed by atoms with Crippen LogP contribution >= 0.6 is 11.3 Å². The van der Waals surface area contributed by atoms with E-state index in [-0.39, 0.29) is 0 Å². The van der Waals surface area contributed by atoms with Crippen LogP contribution in [0.15, 0.2) is 205 Å². The first-order valence-electron chi connectivity index (χ1n) is 18.7. The lowest BCUT2D eigenvalue weighted by atomic mass is 9.97. The molecule has 55 heavy (non-hydrogen) atoms. The van der Waals surface area contributed by atoms with Gasteiger partial charge in [0, 0.05) is 47.9 Å². The third-order valence-electron chi connectivity index (χ3n) is 10.9. The molecule has 11 aromatic rings. The van der Waals surface area contributed by atoms with Crippen molar-refractivity contribution in [3.63, 3.8) is 0 Å². The van der Waals surface area contributed by atoms with Gasteiger partial charge >= 0.3 is 0 Å². The Morgan fingerprint density at radius 2 is 0.982 bits per heavy atom. The zero-order chi connectivity index (χ0) is 36.3. The first-order chi connectivity index (χ1) is 27.2. The number of benzene rings is 9. The summed E-state index contributed by atoms with van der Waals surface area (Å²) in [4.78, 5) is 2.40. The topological polar surface area (TPSA) is 16.4 Å². The minimum absolute atomic E-state index is 0.895. The molecule has 258 valence electrons. The van der Waals surface area contributed by atoms with Crippen LogP contribution in [-0.4, -0.2) is 0 Å². The number of nitrogens with zero attached hydrogens (tertiary/aromatic N) is 1. The maximum atomic E-state index is 6.22. The van der Waals surface area contributed by atoms with Crippen molar-refractivity contribution in [2.75, 3.05) is 4.90 Å². The number of anilines is 3. The Hall–Kier alpha value is -6.94. The van der Waals surface area contributed by atoms with Crippen LogP contribution in [0.25, 0.3) is 86.3 Å². The van der Waals surface area contributed by atoms with Crippen molar-refractivity contribution in [3.8, 4) is 33.4 Å². The highest BCUT2D eigenvalue weighted by atomic mass is 32.1. The lowest BCUT2D eigenvalue weighted by Crippen LogP contribution is -2.11. The molecule has 0 radical (unpaired) electrons. The molecule has 2 aromatic heterocycles. The number of hydrogen-bond donors (Lipinski definition) is 0. The minimum Gasteiger partial charge on any atom is -0.456 e. The van der Waals surface area contributed by atoms with E-state index in [1.165, 1.54) is 53.2 Å². The van der Waals surface area contributed by atoms with Crippen LogP contribution in [0.4, 0.5) is 17.1 Å². The van der Waals surface area contributed by atoms with Gasteiger partial charge in [-0.1, -0.05) is 133 Å². The maximum Gasteiger partial charge on any atom is 0.135 e. The molecule has 0 aliphatic rings. The molecule has 0 bridgehead atoms. The fraction of sp³-hybridized carbons (Fsp3) is 0. The van der Waals surface area contributed by atoms with Gasteiger partial charge < -0.3 is 9.32 Å². The van der Waals surface area contributed by atoms with Crippen LogP contribution in [0.5, 0.6) is 0 Å². The van der Waals surface area contributed by atoms with Crippen LogP contribution in [-0.2, 0) is 0 Å². The van der Waals surface area contributed by atoms with Crippen LogP contribution in [0.3, 0.4) is 0 Å². The van der Waals surface area contributed by atoms with E-state index in [0.29, 0.717) is 0 Å². The van der Waals surface area contributed by atoms with Gasteiger partial charge in [-0.15, -0.1) is 11.3 Å². The fourth-order valence-corrected chi connectivity index (χ4v) is 9.32. The Balaban J connectivity index is 1.08. The second-order valence-corrected chi connectivity index (χ2v) is 15.2. The van der Waals surface area contributed by atoms with Crippen LogP contribution in [0.2, 0.25) is 0 Å². The van der Waals surface area contributed by atoms with Crippen molar-refractivity contribution >= 4 is 81.3 Å². The van der Waals surface area contributed by atoms with Crippen molar-refractivity contribution < 1.29 is 4.42 Å². The number of furan rings is 1. The normalized spacial score (nSPS) is 11.6. The molecule has 11 rings (SSSR count). The van der Waals surface area contributed by atoms with Crippen LogP contribution in [0, 0.1) is 0 Å². The molecule has 3 heteroatoms. The molecule has 0 aliphatic carbocycles. The van der Waals surface area contributed by atoms with E-state index in [1.807, 2.05) is 23.5 Å². The first kappa shape index (κ1) is 31.6. The van der Waals surface area contributed by atoms with Gasteiger partial charge in [0.05, 0.1) is 5.69 Å². The summed E-state index contributed by atoms with van der Waals surface area (Å²) in [5.74, 6) is 0. The third-order valence-corrected chi connectivity index (χ3v) is 12.0. The number of hydrogen-bond acceptors (Lipinski definition) is 3. The summed E-state index contributed by atoms with van der Waals surface area (Å²) >= 11 is 1.86. The Bertz CT molecular complexity index is 3220. The summed E-state index contributed by atoms with van der Waals surface area (Å²) in [5, 5.41) is 7.35. The van der Waals surface area contributed by atoms with Crippen LogP contribution in [0.1, 0.15) is 0 Å². The zero-order valence-corrected chi connectivity index (χ0v) is 30.6. The molecule has 0 N–H and O–H groups in total. The van der Waals surface area contributed by atoms with E-state index < -0.39 is 0 Å². The second-order valence-electron chi connectivity index (χ2n) is 14.1. The molecule has 0 saturated carbocycles. The van der Waals surface area contributed by atoms with E-state index in [9.17, 15) is 0 Å². The number of fused-ring (bicyclic) bond motifs is 7. The Morgan fingerprint density at radius 3 is 1.91 bits per heavy atom. The van der Waals surface area contributed by atoms with Gasteiger partial charge in [-0.05, 0) is 105 Å². The van der Waals surface area contributed by atoms with E-state index in [1.54, 1.807) is 0 Å². The molecule has 0 saturated heterocycles. The molecule has 0 atom stereocenters. The summed E-state index contributed by atoms with van der Waals surface area (Å²) in [7, 11) is 0. The molecule has 2 nitrogen and oxygen atoms in total. The van der Waals surface area contributed by atoms with Crippen molar-refractivity contribution in [2.45, 2.75) is 0 Å².